The first kappa shape index (κ1) is 21.8. The molecule has 1 aliphatic heterocycles. The SMILES string of the molecule is OC(COc1ccc(C(F)(F)F)cc1)CN1CCc2ccccc2C1(O)c1cncs1. The van der Waals surface area contributed by atoms with Gasteiger partial charge in [0.25, 0.3) is 0 Å². The third-order valence-electron chi connectivity index (χ3n) is 5.33. The highest BCUT2D eigenvalue weighted by molar-refractivity contribution is 7.09. The highest BCUT2D eigenvalue weighted by atomic mass is 32.1. The molecule has 2 heterocycles. The summed E-state index contributed by atoms with van der Waals surface area (Å²) in [5.41, 5.74) is 1.24. The molecule has 2 atom stereocenters. The van der Waals surface area contributed by atoms with Gasteiger partial charge in [0.1, 0.15) is 18.5 Å². The summed E-state index contributed by atoms with van der Waals surface area (Å²) >= 11 is 1.33. The van der Waals surface area contributed by atoms with Crippen molar-refractivity contribution in [2.24, 2.45) is 0 Å². The van der Waals surface area contributed by atoms with E-state index in [2.05, 4.69) is 4.98 Å². The minimum Gasteiger partial charge on any atom is -0.491 e. The number of β-amino-alcohol motifs (C(OH)–C–C–N with tert-alkyl or cyclic N) is 1. The van der Waals surface area contributed by atoms with Crippen molar-refractivity contribution in [2.75, 3.05) is 19.7 Å². The molecule has 0 spiro atoms. The van der Waals surface area contributed by atoms with Gasteiger partial charge in [-0.1, -0.05) is 24.3 Å². The van der Waals surface area contributed by atoms with E-state index in [0.717, 1.165) is 23.3 Å². The minimum atomic E-state index is -4.41. The number of thiazole rings is 1. The van der Waals surface area contributed by atoms with Gasteiger partial charge in [-0.15, -0.1) is 11.3 Å². The maximum absolute atomic E-state index is 12.7. The minimum absolute atomic E-state index is 0.114. The fourth-order valence-corrected chi connectivity index (χ4v) is 4.57. The van der Waals surface area contributed by atoms with Crippen LogP contribution < -0.4 is 4.74 Å². The summed E-state index contributed by atoms with van der Waals surface area (Å²) in [4.78, 5) is 6.52. The van der Waals surface area contributed by atoms with Gasteiger partial charge < -0.3 is 14.9 Å². The first-order valence-corrected chi connectivity index (χ1v) is 10.6. The quantitative estimate of drug-likeness (QED) is 0.600. The molecule has 0 amide bonds. The van der Waals surface area contributed by atoms with E-state index in [1.54, 1.807) is 16.6 Å². The van der Waals surface area contributed by atoms with Gasteiger partial charge in [0, 0.05) is 24.8 Å². The number of nitrogens with zero attached hydrogens (tertiary/aromatic N) is 2. The van der Waals surface area contributed by atoms with Crippen molar-refractivity contribution >= 4 is 11.3 Å². The Kier molecular flexibility index (Phi) is 6.02. The van der Waals surface area contributed by atoms with Gasteiger partial charge >= 0.3 is 6.18 Å². The first-order valence-electron chi connectivity index (χ1n) is 9.71. The highest BCUT2D eigenvalue weighted by Crippen LogP contribution is 2.40. The second kappa shape index (κ2) is 8.58. The summed E-state index contributed by atoms with van der Waals surface area (Å²) in [5.74, 6) is 0.230. The highest BCUT2D eigenvalue weighted by Gasteiger charge is 2.44. The Morgan fingerprint density at radius 3 is 2.58 bits per heavy atom. The number of rotatable bonds is 6. The summed E-state index contributed by atoms with van der Waals surface area (Å²) in [5, 5.41) is 22.3. The molecule has 0 bridgehead atoms. The predicted octanol–water partition coefficient (Wildman–Crippen LogP) is 3.65. The number of aliphatic hydroxyl groups excluding tert-OH is 1. The average Bonchev–Trinajstić information content (AvgIpc) is 3.30. The first-order chi connectivity index (χ1) is 14.8. The Morgan fingerprint density at radius 1 is 1.16 bits per heavy atom. The zero-order valence-electron chi connectivity index (χ0n) is 16.4. The molecular formula is C22H21F3N2O3S. The maximum Gasteiger partial charge on any atom is 0.416 e. The second-order valence-corrected chi connectivity index (χ2v) is 8.26. The van der Waals surface area contributed by atoms with Gasteiger partial charge in [-0.25, -0.2) is 0 Å². The van der Waals surface area contributed by atoms with Crippen LogP contribution in [0.5, 0.6) is 5.75 Å². The molecule has 4 rings (SSSR count). The van der Waals surface area contributed by atoms with Gasteiger partial charge in [0.05, 0.1) is 16.0 Å². The molecule has 0 fully saturated rings. The summed E-state index contributed by atoms with van der Waals surface area (Å²) in [7, 11) is 0. The fourth-order valence-electron chi connectivity index (χ4n) is 3.81. The molecule has 0 aliphatic carbocycles. The third-order valence-corrected chi connectivity index (χ3v) is 6.20. The summed E-state index contributed by atoms with van der Waals surface area (Å²) < 4.78 is 43.5. The number of alkyl halides is 3. The van der Waals surface area contributed by atoms with Crippen molar-refractivity contribution in [2.45, 2.75) is 24.4 Å². The van der Waals surface area contributed by atoms with Crippen molar-refractivity contribution in [1.29, 1.82) is 0 Å². The summed E-state index contributed by atoms with van der Waals surface area (Å²) in [6, 6.07) is 11.9. The Bertz CT molecular complexity index is 1010. The van der Waals surface area contributed by atoms with Crippen molar-refractivity contribution in [3.63, 3.8) is 0 Å². The molecule has 0 saturated carbocycles. The molecule has 3 aromatic rings. The van der Waals surface area contributed by atoms with Crippen LogP contribution >= 0.6 is 11.3 Å². The molecule has 2 aromatic carbocycles. The maximum atomic E-state index is 12.7. The van der Waals surface area contributed by atoms with E-state index in [-0.39, 0.29) is 18.9 Å². The monoisotopic (exact) mass is 450 g/mol. The Hall–Kier alpha value is -2.46. The number of benzene rings is 2. The molecular weight excluding hydrogens is 429 g/mol. The van der Waals surface area contributed by atoms with E-state index in [9.17, 15) is 23.4 Å². The van der Waals surface area contributed by atoms with Crippen LogP contribution in [0.3, 0.4) is 0 Å². The lowest BCUT2D eigenvalue weighted by atomic mass is 9.88. The molecule has 2 N–H and O–H groups in total. The third kappa shape index (κ3) is 4.45. The van der Waals surface area contributed by atoms with E-state index in [1.165, 1.54) is 23.5 Å². The smallest absolute Gasteiger partial charge is 0.416 e. The molecule has 164 valence electrons. The molecule has 2 unspecified atom stereocenters. The average molecular weight is 450 g/mol. The molecule has 31 heavy (non-hydrogen) atoms. The number of halogens is 3. The van der Waals surface area contributed by atoms with Crippen molar-refractivity contribution < 1.29 is 28.1 Å². The molecule has 0 radical (unpaired) electrons. The largest absolute Gasteiger partial charge is 0.491 e. The number of fused-ring (bicyclic) bond motifs is 1. The standard InChI is InChI=1S/C22H21F3N2O3S/c23-22(24,25)16-5-7-18(8-6-16)30-13-17(28)12-27-10-9-15-3-1-2-4-19(15)21(27,29)20-11-26-14-31-20/h1-8,11,14,17,28-29H,9-10,12-13H2. The predicted molar refractivity (Wildman–Crippen MR) is 110 cm³/mol. The Morgan fingerprint density at radius 2 is 1.90 bits per heavy atom. The molecule has 9 heteroatoms. The fraction of sp³-hybridized carbons (Fsp3) is 0.318. The van der Waals surface area contributed by atoms with Gasteiger partial charge in [-0.2, -0.15) is 13.2 Å². The number of hydrogen-bond acceptors (Lipinski definition) is 6. The van der Waals surface area contributed by atoms with E-state index < -0.39 is 23.6 Å². The molecule has 1 aliphatic rings. The topological polar surface area (TPSA) is 65.8 Å². The van der Waals surface area contributed by atoms with E-state index in [0.29, 0.717) is 17.8 Å². The van der Waals surface area contributed by atoms with Crippen LogP contribution in [0.1, 0.15) is 21.6 Å². The zero-order valence-corrected chi connectivity index (χ0v) is 17.2. The number of aromatic nitrogens is 1. The number of aliphatic hydroxyl groups is 2. The van der Waals surface area contributed by atoms with Gasteiger partial charge in [-0.3, -0.25) is 9.88 Å². The zero-order chi connectivity index (χ0) is 22.1. The van der Waals surface area contributed by atoms with Crippen LogP contribution in [0, 0.1) is 0 Å². The molecule has 1 aromatic heterocycles. The van der Waals surface area contributed by atoms with Crippen LogP contribution in [0.2, 0.25) is 0 Å². The second-order valence-electron chi connectivity index (χ2n) is 7.38. The Balaban J connectivity index is 1.47. The van der Waals surface area contributed by atoms with Crippen molar-refractivity contribution in [1.82, 2.24) is 9.88 Å². The number of ether oxygens (including phenoxy) is 1. The summed E-state index contributed by atoms with van der Waals surface area (Å²) in [6.07, 6.45) is -3.05. The number of hydrogen-bond donors (Lipinski definition) is 2. The van der Waals surface area contributed by atoms with Gasteiger partial charge in [-0.05, 0) is 36.2 Å². The van der Waals surface area contributed by atoms with Crippen molar-refractivity contribution in [3.8, 4) is 5.75 Å². The van der Waals surface area contributed by atoms with Crippen LogP contribution in [-0.2, 0) is 18.3 Å². The van der Waals surface area contributed by atoms with Gasteiger partial charge in [0.2, 0.25) is 0 Å². The lowest BCUT2D eigenvalue weighted by molar-refractivity contribution is -0.137. The van der Waals surface area contributed by atoms with E-state index >= 15 is 0 Å². The van der Waals surface area contributed by atoms with Crippen LogP contribution in [0.15, 0.2) is 60.2 Å². The molecule has 0 saturated heterocycles. The van der Waals surface area contributed by atoms with E-state index in [1.807, 2.05) is 24.3 Å². The lowest BCUT2D eigenvalue weighted by Crippen LogP contribution is -2.54. The summed E-state index contributed by atoms with van der Waals surface area (Å²) in [6.45, 7) is 0.508. The lowest BCUT2D eigenvalue weighted by Gasteiger charge is -2.44. The van der Waals surface area contributed by atoms with Gasteiger partial charge in [0.15, 0.2) is 5.72 Å². The van der Waals surface area contributed by atoms with E-state index in [4.69, 9.17) is 4.74 Å². The van der Waals surface area contributed by atoms with Crippen LogP contribution in [0.4, 0.5) is 13.2 Å². The Labute approximate surface area is 181 Å². The van der Waals surface area contributed by atoms with Crippen molar-refractivity contribution in [3.05, 3.63) is 81.8 Å². The molecule has 5 nitrogen and oxygen atoms in total. The van der Waals surface area contributed by atoms with Crippen LogP contribution in [-0.4, -0.2) is 45.9 Å². The van der Waals surface area contributed by atoms with Crippen LogP contribution in [0.25, 0.3) is 0 Å². The normalized spacial score (nSPS) is 20.3.